The van der Waals surface area contributed by atoms with Gasteiger partial charge in [0.1, 0.15) is 5.82 Å². The van der Waals surface area contributed by atoms with Gasteiger partial charge in [0, 0.05) is 25.6 Å². The van der Waals surface area contributed by atoms with E-state index < -0.39 is 5.97 Å². The molecule has 1 aromatic rings. The maximum absolute atomic E-state index is 12.0. The van der Waals surface area contributed by atoms with E-state index in [1.54, 1.807) is 12.1 Å². The molecule has 0 aromatic carbocycles. The van der Waals surface area contributed by atoms with Crippen LogP contribution in [0.1, 0.15) is 43.6 Å². The summed E-state index contributed by atoms with van der Waals surface area (Å²) in [5.41, 5.74) is 0.0366. The molecule has 1 aliphatic heterocycles. The molecule has 22 heavy (non-hydrogen) atoms. The van der Waals surface area contributed by atoms with Gasteiger partial charge < -0.3 is 15.3 Å². The fourth-order valence-corrected chi connectivity index (χ4v) is 2.59. The molecule has 6 nitrogen and oxygen atoms in total. The number of piperidine rings is 1. The molecule has 0 atom stereocenters. The predicted molar refractivity (Wildman–Crippen MR) is 83.9 cm³/mol. The number of likely N-dealkylation sites (tertiary alicyclic amines) is 1. The van der Waals surface area contributed by atoms with Gasteiger partial charge in [0.2, 0.25) is 5.91 Å². The summed E-state index contributed by atoms with van der Waals surface area (Å²) in [5, 5.41) is 12.2. The molecule has 0 saturated carbocycles. The second kappa shape index (κ2) is 7.24. The Hall–Kier alpha value is -2.11. The van der Waals surface area contributed by atoms with E-state index in [-0.39, 0.29) is 17.6 Å². The number of carboxylic acid groups (broad SMARTS) is 1. The van der Waals surface area contributed by atoms with E-state index in [9.17, 15) is 9.59 Å². The molecule has 1 fully saturated rings. The third kappa shape index (κ3) is 4.44. The third-order valence-corrected chi connectivity index (χ3v) is 3.75. The number of amides is 1. The summed E-state index contributed by atoms with van der Waals surface area (Å²) in [7, 11) is 0. The van der Waals surface area contributed by atoms with E-state index in [0.29, 0.717) is 18.2 Å². The molecular weight excluding hydrogens is 282 g/mol. The number of nitrogens with zero attached hydrogens (tertiary/aromatic N) is 2. The predicted octanol–water partition coefficient (Wildman–Crippen LogP) is 2.23. The lowest BCUT2D eigenvalue weighted by Crippen LogP contribution is -2.42. The molecule has 6 heteroatoms. The van der Waals surface area contributed by atoms with E-state index >= 15 is 0 Å². The van der Waals surface area contributed by atoms with Gasteiger partial charge in [-0.15, -0.1) is 0 Å². The first-order valence-corrected chi connectivity index (χ1v) is 7.70. The molecule has 2 rings (SSSR count). The van der Waals surface area contributed by atoms with E-state index in [1.165, 1.54) is 6.07 Å². The summed E-state index contributed by atoms with van der Waals surface area (Å²) in [6.07, 6.45) is 2.30. The number of hydrogen-bond donors (Lipinski definition) is 2. The zero-order valence-corrected chi connectivity index (χ0v) is 13.1. The van der Waals surface area contributed by atoms with Crippen molar-refractivity contribution in [2.45, 2.75) is 39.2 Å². The van der Waals surface area contributed by atoms with Gasteiger partial charge >= 0.3 is 5.97 Å². The van der Waals surface area contributed by atoms with Crippen LogP contribution in [0.2, 0.25) is 0 Å². The summed E-state index contributed by atoms with van der Waals surface area (Å²) in [6.45, 7) is 5.57. The molecule has 120 valence electrons. The van der Waals surface area contributed by atoms with Gasteiger partial charge in [-0.3, -0.25) is 4.79 Å². The smallest absolute Gasteiger partial charge is 0.354 e. The van der Waals surface area contributed by atoms with Crippen molar-refractivity contribution in [3.05, 3.63) is 23.9 Å². The molecule has 1 saturated heterocycles. The first-order valence-electron chi connectivity index (χ1n) is 7.70. The lowest BCUT2D eigenvalue weighted by Gasteiger charge is -2.33. The number of rotatable bonds is 5. The standard InChI is InChI=1S/C16H23N3O3/c1-11(2)10-15(20)19-8-6-12(7-9-19)17-14-5-3-4-13(18-14)16(21)22/h3-5,11-12H,6-10H2,1-2H3,(H,17,18)(H,21,22). The topological polar surface area (TPSA) is 82.5 Å². The third-order valence-electron chi connectivity index (χ3n) is 3.75. The molecule has 2 N–H and O–H groups in total. The lowest BCUT2D eigenvalue weighted by molar-refractivity contribution is -0.132. The molecule has 1 amide bonds. The zero-order chi connectivity index (χ0) is 16.1. The monoisotopic (exact) mass is 305 g/mol. The molecular formula is C16H23N3O3. The van der Waals surface area contributed by atoms with Crippen molar-refractivity contribution in [2.75, 3.05) is 18.4 Å². The first kappa shape index (κ1) is 16.3. The fraction of sp³-hybridized carbons (Fsp3) is 0.562. The number of carbonyl (C=O) groups excluding carboxylic acids is 1. The van der Waals surface area contributed by atoms with E-state index in [2.05, 4.69) is 10.3 Å². The Morgan fingerprint density at radius 1 is 1.36 bits per heavy atom. The summed E-state index contributed by atoms with van der Waals surface area (Å²) in [5.74, 6) is 0.148. The maximum Gasteiger partial charge on any atom is 0.354 e. The van der Waals surface area contributed by atoms with Crippen molar-refractivity contribution in [2.24, 2.45) is 5.92 Å². The largest absolute Gasteiger partial charge is 0.477 e. The van der Waals surface area contributed by atoms with Crippen molar-refractivity contribution in [1.82, 2.24) is 9.88 Å². The molecule has 0 aliphatic carbocycles. The van der Waals surface area contributed by atoms with Gasteiger partial charge in [0.05, 0.1) is 0 Å². The summed E-state index contributed by atoms with van der Waals surface area (Å²) >= 11 is 0. The van der Waals surface area contributed by atoms with Crippen LogP contribution in [0.5, 0.6) is 0 Å². The minimum Gasteiger partial charge on any atom is -0.477 e. The zero-order valence-electron chi connectivity index (χ0n) is 13.1. The van der Waals surface area contributed by atoms with Crippen LogP contribution in [0, 0.1) is 5.92 Å². The molecule has 0 spiro atoms. The summed E-state index contributed by atoms with van der Waals surface area (Å²) in [4.78, 5) is 28.9. The highest BCUT2D eigenvalue weighted by Gasteiger charge is 2.23. The van der Waals surface area contributed by atoms with E-state index in [4.69, 9.17) is 5.11 Å². The van der Waals surface area contributed by atoms with Crippen molar-refractivity contribution in [1.29, 1.82) is 0 Å². The second-order valence-electron chi connectivity index (χ2n) is 6.11. The Kier molecular flexibility index (Phi) is 5.35. The number of aromatic carboxylic acids is 1. The van der Waals surface area contributed by atoms with Crippen molar-refractivity contribution in [3.63, 3.8) is 0 Å². The van der Waals surface area contributed by atoms with Gasteiger partial charge in [-0.25, -0.2) is 9.78 Å². The van der Waals surface area contributed by atoms with Crippen molar-refractivity contribution >= 4 is 17.7 Å². The Labute approximate surface area is 130 Å². The number of aromatic nitrogens is 1. The quantitative estimate of drug-likeness (QED) is 0.871. The Morgan fingerprint density at radius 3 is 2.64 bits per heavy atom. The fourth-order valence-electron chi connectivity index (χ4n) is 2.59. The van der Waals surface area contributed by atoms with Crippen LogP contribution in [0.25, 0.3) is 0 Å². The van der Waals surface area contributed by atoms with Crippen LogP contribution in [-0.4, -0.2) is 46.0 Å². The SMILES string of the molecule is CC(C)CC(=O)N1CCC(Nc2cccc(C(=O)O)n2)CC1. The second-order valence-corrected chi connectivity index (χ2v) is 6.11. The van der Waals surface area contributed by atoms with E-state index in [1.807, 2.05) is 18.7 Å². The van der Waals surface area contributed by atoms with Gasteiger partial charge in [-0.2, -0.15) is 0 Å². The van der Waals surface area contributed by atoms with Gasteiger partial charge in [-0.1, -0.05) is 19.9 Å². The summed E-state index contributed by atoms with van der Waals surface area (Å²) < 4.78 is 0. The van der Waals surface area contributed by atoms with Gasteiger partial charge in [0.25, 0.3) is 0 Å². The highest BCUT2D eigenvalue weighted by atomic mass is 16.4. The number of anilines is 1. The molecule has 0 unspecified atom stereocenters. The van der Waals surface area contributed by atoms with Crippen molar-refractivity contribution in [3.8, 4) is 0 Å². The lowest BCUT2D eigenvalue weighted by atomic mass is 10.0. The average Bonchev–Trinajstić information content (AvgIpc) is 2.47. The van der Waals surface area contributed by atoms with Gasteiger partial charge in [0.15, 0.2) is 5.69 Å². The number of pyridine rings is 1. The minimum absolute atomic E-state index is 0.0366. The van der Waals surface area contributed by atoms with Crippen LogP contribution in [0.4, 0.5) is 5.82 Å². The number of carboxylic acids is 1. The Morgan fingerprint density at radius 2 is 2.05 bits per heavy atom. The molecule has 1 aromatic heterocycles. The summed E-state index contributed by atoms with van der Waals surface area (Å²) in [6, 6.07) is 5.14. The highest BCUT2D eigenvalue weighted by Crippen LogP contribution is 2.17. The number of hydrogen-bond acceptors (Lipinski definition) is 4. The number of carbonyl (C=O) groups is 2. The molecule has 2 heterocycles. The van der Waals surface area contributed by atoms with Crippen LogP contribution in [-0.2, 0) is 4.79 Å². The van der Waals surface area contributed by atoms with Crippen LogP contribution < -0.4 is 5.32 Å². The van der Waals surface area contributed by atoms with E-state index in [0.717, 1.165) is 25.9 Å². The minimum atomic E-state index is -1.03. The van der Waals surface area contributed by atoms with Gasteiger partial charge in [-0.05, 0) is 30.9 Å². The van der Waals surface area contributed by atoms with Crippen LogP contribution >= 0.6 is 0 Å². The maximum atomic E-state index is 12.0. The normalized spacial score (nSPS) is 15.9. The van der Waals surface area contributed by atoms with Crippen LogP contribution in [0.3, 0.4) is 0 Å². The molecule has 0 radical (unpaired) electrons. The average molecular weight is 305 g/mol. The highest BCUT2D eigenvalue weighted by molar-refractivity contribution is 5.85. The molecule has 0 bridgehead atoms. The van der Waals surface area contributed by atoms with Crippen molar-refractivity contribution < 1.29 is 14.7 Å². The Bertz CT molecular complexity index is 537. The Balaban J connectivity index is 1.86. The van der Waals surface area contributed by atoms with Crippen LogP contribution in [0.15, 0.2) is 18.2 Å². The number of nitrogens with one attached hydrogen (secondary N) is 1. The molecule has 1 aliphatic rings. The first-order chi connectivity index (χ1) is 10.5.